The highest BCUT2D eigenvalue weighted by molar-refractivity contribution is 5.78. The van der Waals surface area contributed by atoms with E-state index in [4.69, 9.17) is 4.74 Å². The molecule has 0 aromatic heterocycles. The first-order valence-electron chi connectivity index (χ1n) is 11.5. The lowest BCUT2D eigenvalue weighted by molar-refractivity contribution is -0.138. The summed E-state index contributed by atoms with van der Waals surface area (Å²) in [5, 5.41) is 20.1. The van der Waals surface area contributed by atoms with E-state index in [0.29, 0.717) is 28.0 Å². The molecule has 0 aliphatic heterocycles. The molecule has 0 fully saturated rings. The van der Waals surface area contributed by atoms with Gasteiger partial charge in [-0.1, -0.05) is 42.5 Å². The van der Waals surface area contributed by atoms with Gasteiger partial charge in [-0.15, -0.1) is 0 Å². The van der Waals surface area contributed by atoms with Crippen LogP contribution in [0.2, 0.25) is 0 Å². The first kappa shape index (κ1) is 27.7. The van der Waals surface area contributed by atoms with E-state index < -0.39 is 35.8 Å². The summed E-state index contributed by atoms with van der Waals surface area (Å²) in [7, 11) is 1.40. The average Bonchev–Trinajstić information content (AvgIpc) is 2.85. The lowest BCUT2D eigenvalue weighted by atomic mass is 9.93. The normalized spacial score (nSPS) is 13.1. The molecular weight excluding hydrogens is 487 g/mol. The Balaban J connectivity index is 2.13. The van der Waals surface area contributed by atoms with Crippen molar-refractivity contribution in [3.8, 4) is 16.9 Å². The number of benzene rings is 3. The predicted molar refractivity (Wildman–Crippen MR) is 132 cm³/mol. The number of rotatable bonds is 9. The zero-order valence-corrected chi connectivity index (χ0v) is 20.6. The molecular formula is C28H28F3NO5. The first-order chi connectivity index (χ1) is 17.4. The van der Waals surface area contributed by atoms with Crippen LogP contribution in [0.15, 0.2) is 66.7 Å². The van der Waals surface area contributed by atoms with Gasteiger partial charge >= 0.3 is 12.1 Å². The molecule has 3 aromatic carbocycles. The third-order valence-electron chi connectivity index (χ3n) is 6.18. The maximum atomic E-state index is 13.6. The molecule has 196 valence electrons. The molecule has 2 atom stereocenters. The predicted octanol–water partition coefficient (Wildman–Crippen LogP) is 5.48. The van der Waals surface area contributed by atoms with Crippen molar-refractivity contribution in [2.45, 2.75) is 45.1 Å². The van der Waals surface area contributed by atoms with Gasteiger partial charge in [0, 0.05) is 19.0 Å². The Morgan fingerprint density at radius 1 is 1.00 bits per heavy atom. The number of ether oxygens (including phenoxy) is 1. The summed E-state index contributed by atoms with van der Waals surface area (Å²) in [5.74, 6) is -1.16. The van der Waals surface area contributed by atoms with Crippen LogP contribution >= 0.6 is 0 Å². The summed E-state index contributed by atoms with van der Waals surface area (Å²) >= 11 is 0. The molecule has 6 nitrogen and oxygen atoms in total. The summed E-state index contributed by atoms with van der Waals surface area (Å²) in [6, 6.07) is 15.8. The van der Waals surface area contributed by atoms with Gasteiger partial charge in [0.2, 0.25) is 5.91 Å². The van der Waals surface area contributed by atoms with E-state index >= 15 is 0 Å². The number of carbonyl (C=O) groups excluding carboxylic acids is 1. The highest BCUT2D eigenvalue weighted by Crippen LogP contribution is 2.38. The monoisotopic (exact) mass is 515 g/mol. The van der Waals surface area contributed by atoms with Gasteiger partial charge in [0.05, 0.1) is 31.2 Å². The molecule has 0 unspecified atom stereocenters. The number of methoxy groups -OCH3 is 1. The fourth-order valence-electron chi connectivity index (χ4n) is 4.24. The van der Waals surface area contributed by atoms with Crippen molar-refractivity contribution < 1.29 is 37.7 Å². The maximum absolute atomic E-state index is 13.6. The van der Waals surface area contributed by atoms with Gasteiger partial charge in [-0.2, -0.15) is 13.2 Å². The molecule has 0 heterocycles. The summed E-state index contributed by atoms with van der Waals surface area (Å²) in [5.41, 5.74) is 1.02. The Bertz CT molecular complexity index is 1260. The van der Waals surface area contributed by atoms with E-state index in [0.717, 1.165) is 12.1 Å². The Hall–Kier alpha value is -3.85. The molecule has 1 amide bonds. The molecule has 0 aliphatic rings. The van der Waals surface area contributed by atoms with Crippen molar-refractivity contribution in [1.82, 2.24) is 4.90 Å². The Kier molecular flexibility index (Phi) is 8.60. The van der Waals surface area contributed by atoms with Crippen molar-refractivity contribution >= 4 is 11.9 Å². The number of aliphatic carboxylic acids is 1. The summed E-state index contributed by atoms with van der Waals surface area (Å²) in [6.45, 7) is 2.68. The summed E-state index contributed by atoms with van der Waals surface area (Å²) < 4.78 is 46.4. The highest BCUT2D eigenvalue weighted by atomic mass is 19.4. The number of carboxylic acid groups (broad SMARTS) is 1. The van der Waals surface area contributed by atoms with Crippen LogP contribution in [0.25, 0.3) is 11.1 Å². The van der Waals surface area contributed by atoms with Crippen LogP contribution in [0.3, 0.4) is 0 Å². The molecule has 0 aliphatic carbocycles. The number of halogens is 3. The molecule has 2 N–H and O–H groups in total. The smallest absolute Gasteiger partial charge is 0.416 e. The van der Waals surface area contributed by atoms with Crippen molar-refractivity contribution in [2.24, 2.45) is 0 Å². The first-order valence-corrected chi connectivity index (χ1v) is 11.5. The number of aliphatic hydroxyl groups excluding tert-OH is 1. The molecule has 0 saturated carbocycles. The van der Waals surface area contributed by atoms with Crippen LogP contribution in [0.4, 0.5) is 13.2 Å². The molecule has 3 aromatic rings. The molecule has 3 rings (SSSR count). The molecule has 9 heteroatoms. The fourth-order valence-corrected chi connectivity index (χ4v) is 4.24. The Morgan fingerprint density at radius 3 is 2.24 bits per heavy atom. The Morgan fingerprint density at radius 2 is 1.68 bits per heavy atom. The number of carbonyl (C=O) groups is 2. The second-order valence-electron chi connectivity index (χ2n) is 8.72. The van der Waals surface area contributed by atoms with Crippen LogP contribution in [0, 0.1) is 0 Å². The van der Waals surface area contributed by atoms with Crippen LogP contribution in [0.1, 0.15) is 42.2 Å². The third kappa shape index (κ3) is 6.68. The van der Waals surface area contributed by atoms with Crippen LogP contribution < -0.4 is 4.74 Å². The number of hydrogen-bond acceptors (Lipinski definition) is 4. The van der Waals surface area contributed by atoms with Gasteiger partial charge < -0.3 is 19.8 Å². The molecule has 0 spiro atoms. The number of aliphatic hydroxyl groups is 1. The fraction of sp³-hybridized carbons (Fsp3) is 0.286. The van der Waals surface area contributed by atoms with Gasteiger partial charge in [-0.25, -0.2) is 0 Å². The van der Waals surface area contributed by atoms with E-state index in [2.05, 4.69) is 0 Å². The second kappa shape index (κ2) is 11.5. The van der Waals surface area contributed by atoms with Crippen LogP contribution in [-0.4, -0.2) is 40.1 Å². The minimum absolute atomic E-state index is 0.169. The molecule has 0 bridgehead atoms. The largest absolute Gasteiger partial charge is 0.496 e. The zero-order chi connectivity index (χ0) is 27.3. The molecule has 37 heavy (non-hydrogen) atoms. The van der Waals surface area contributed by atoms with Crippen molar-refractivity contribution in [3.05, 3.63) is 89.0 Å². The van der Waals surface area contributed by atoms with E-state index in [9.17, 15) is 33.0 Å². The number of alkyl halides is 3. The zero-order valence-electron chi connectivity index (χ0n) is 20.6. The second-order valence-corrected chi connectivity index (χ2v) is 8.72. The van der Waals surface area contributed by atoms with E-state index in [1.807, 2.05) is 0 Å². The third-order valence-corrected chi connectivity index (χ3v) is 6.18. The quantitative estimate of drug-likeness (QED) is 0.394. The van der Waals surface area contributed by atoms with Crippen molar-refractivity contribution in [3.63, 3.8) is 0 Å². The summed E-state index contributed by atoms with van der Waals surface area (Å²) in [6.07, 6.45) is -5.99. The van der Waals surface area contributed by atoms with E-state index in [-0.39, 0.29) is 18.5 Å². The minimum atomic E-state index is -4.63. The van der Waals surface area contributed by atoms with Crippen LogP contribution in [0.5, 0.6) is 5.75 Å². The van der Waals surface area contributed by atoms with Gasteiger partial charge in [-0.05, 0) is 53.4 Å². The van der Waals surface area contributed by atoms with Crippen LogP contribution in [-0.2, 0) is 28.7 Å². The van der Waals surface area contributed by atoms with Gasteiger partial charge in [-0.3, -0.25) is 9.59 Å². The maximum Gasteiger partial charge on any atom is 0.416 e. The number of nitrogens with zero attached hydrogens (tertiary/aromatic N) is 1. The lowest BCUT2D eigenvalue weighted by Gasteiger charge is -2.33. The standard InChI is InChI=1S/C28H28F3NO5/c1-17(27(36)20-7-5-4-6-8-20)32(18(2)33)16-21-15-22(28(29,30)31)10-11-23(21)24-13-19(14-26(34)35)9-12-25(24)37-3/h4-13,15,17,27,36H,14,16H2,1-3H3,(H,34,35)/t17-,27-/m0/s1. The van der Waals surface area contributed by atoms with E-state index in [1.54, 1.807) is 55.5 Å². The minimum Gasteiger partial charge on any atom is -0.496 e. The van der Waals surface area contributed by atoms with Crippen molar-refractivity contribution in [2.75, 3.05) is 7.11 Å². The SMILES string of the molecule is COc1ccc(CC(=O)O)cc1-c1ccc(C(F)(F)F)cc1CN(C(C)=O)[C@@H](C)[C@H](O)c1ccccc1. The average molecular weight is 516 g/mol. The van der Waals surface area contributed by atoms with Gasteiger partial charge in [0.1, 0.15) is 5.75 Å². The number of amides is 1. The molecule has 0 radical (unpaired) electrons. The number of carboxylic acids is 1. The van der Waals surface area contributed by atoms with Gasteiger partial charge in [0.15, 0.2) is 0 Å². The van der Waals surface area contributed by atoms with Gasteiger partial charge in [0.25, 0.3) is 0 Å². The number of hydrogen-bond donors (Lipinski definition) is 2. The summed E-state index contributed by atoms with van der Waals surface area (Å²) in [4.78, 5) is 25.2. The Labute approximate surface area is 212 Å². The highest BCUT2D eigenvalue weighted by Gasteiger charge is 2.32. The lowest BCUT2D eigenvalue weighted by Crippen LogP contribution is -2.40. The van der Waals surface area contributed by atoms with Crippen molar-refractivity contribution in [1.29, 1.82) is 0 Å². The topological polar surface area (TPSA) is 87.1 Å². The van der Waals surface area contributed by atoms with E-state index in [1.165, 1.54) is 25.0 Å². The molecule has 0 saturated heterocycles.